The number of rotatable bonds is 5. The Labute approximate surface area is 105 Å². The molecule has 1 aromatic rings. The number of ether oxygens (including phenoxy) is 1. The number of methoxy groups -OCH3 is 1. The van der Waals surface area contributed by atoms with E-state index in [2.05, 4.69) is 5.32 Å². The summed E-state index contributed by atoms with van der Waals surface area (Å²) in [6, 6.07) is 6.75. The number of hydrogen-bond donors (Lipinski definition) is 1. The molecule has 0 saturated heterocycles. The lowest BCUT2D eigenvalue weighted by Gasteiger charge is -2.05. The molecule has 1 rings (SSSR count). The summed E-state index contributed by atoms with van der Waals surface area (Å²) < 4.78 is 4.85. The maximum absolute atomic E-state index is 11.5. The SMILES string of the molecule is COCCCC(=O)Nc1ccc(C#N)c(Cl)c1. The number of nitrogens with one attached hydrogen (secondary N) is 1. The molecule has 0 fully saturated rings. The first-order chi connectivity index (χ1) is 8.17. The highest BCUT2D eigenvalue weighted by molar-refractivity contribution is 6.32. The van der Waals surface area contributed by atoms with E-state index in [1.165, 1.54) is 0 Å². The first-order valence-corrected chi connectivity index (χ1v) is 5.53. The lowest BCUT2D eigenvalue weighted by molar-refractivity contribution is -0.116. The summed E-state index contributed by atoms with van der Waals surface area (Å²) in [7, 11) is 1.60. The van der Waals surface area contributed by atoms with Crippen molar-refractivity contribution in [1.29, 1.82) is 5.26 Å². The third-order valence-electron chi connectivity index (χ3n) is 2.13. The second-order valence-corrected chi connectivity index (χ2v) is 3.86. The van der Waals surface area contributed by atoms with Crippen LogP contribution in [0.25, 0.3) is 0 Å². The van der Waals surface area contributed by atoms with Gasteiger partial charge < -0.3 is 10.1 Å². The lowest BCUT2D eigenvalue weighted by Crippen LogP contribution is -2.12. The Balaban J connectivity index is 2.55. The van der Waals surface area contributed by atoms with Crippen molar-refractivity contribution in [1.82, 2.24) is 0 Å². The summed E-state index contributed by atoms with van der Waals surface area (Å²) >= 11 is 5.85. The van der Waals surface area contributed by atoms with Gasteiger partial charge in [0.05, 0.1) is 10.6 Å². The molecular formula is C12H13ClN2O2. The van der Waals surface area contributed by atoms with Crippen LogP contribution < -0.4 is 5.32 Å². The van der Waals surface area contributed by atoms with Crippen LogP contribution in [0.3, 0.4) is 0 Å². The molecule has 0 aliphatic heterocycles. The van der Waals surface area contributed by atoms with Gasteiger partial charge in [-0.3, -0.25) is 4.79 Å². The van der Waals surface area contributed by atoms with Crippen LogP contribution in [-0.4, -0.2) is 19.6 Å². The first-order valence-electron chi connectivity index (χ1n) is 5.16. The van der Waals surface area contributed by atoms with Gasteiger partial charge in [-0.1, -0.05) is 11.6 Å². The molecule has 17 heavy (non-hydrogen) atoms. The standard InChI is InChI=1S/C12H13ClN2O2/c1-17-6-2-3-12(16)15-10-5-4-9(8-14)11(13)7-10/h4-5,7H,2-3,6H2,1H3,(H,15,16). The van der Waals surface area contributed by atoms with Crippen LogP contribution in [0.2, 0.25) is 5.02 Å². The number of carbonyl (C=O) groups is 1. The number of hydrogen-bond acceptors (Lipinski definition) is 3. The summed E-state index contributed by atoms with van der Waals surface area (Å²) in [5, 5.41) is 11.7. The van der Waals surface area contributed by atoms with Crippen LogP contribution in [-0.2, 0) is 9.53 Å². The second kappa shape index (κ2) is 6.89. The molecule has 0 unspecified atom stereocenters. The van der Waals surface area contributed by atoms with E-state index in [4.69, 9.17) is 21.6 Å². The van der Waals surface area contributed by atoms with Crippen LogP contribution in [0.1, 0.15) is 18.4 Å². The highest BCUT2D eigenvalue weighted by Gasteiger charge is 2.04. The number of halogens is 1. The molecule has 0 radical (unpaired) electrons. The highest BCUT2D eigenvalue weighted by atomic mass is 35.5. The van der Waals surface area contributed by atoms with Crippen molar-refractivity contribution < 1.29 is 9.53 Å². The van der Waals surface area contributed by atoms with Crippen LogP contribution in [0, 0.1) is 11.3 Å². The number of nitrogens with zero attached hydrogens (tertiary/aromatic N) is 1. The van der Waals surface area contributed by atoms with Gasteiger partial charge in [-0.2, -0.15) is 5.26 Å². The van der Waals surface area contributed by atoms with E-state index in [0.717, 1.165) is 0 Å². The van der Waals surface area contributed by atoms with E-state index in [9.17, 15) is 4.79 Å². The van der Waals surface area contributed by atoms with Crippen LogP contribution >= 0.6 is 11.6 Å². The lowest BCUT2D eigenvalue weighted by atomic mass is 10.2. The van der Waals surface area contributed by atoms with Gasteiger partial charge >= 0.3 is 0 Å². The van der Waals surface area contributed by atoms with Crippen molar-refractivity contribution in [2.24, 2.45) is 0 Å². The number of carbonyl (C=O) groups excluding carboxylic acids is 1. The normalized spacial score (nSPS) is 9.71. The van der Waals surface area contributed by atoms with Crippen LogP contribution in [0.15, 0.2) is 18.2 Å². The first kappa shape index (κ1) is 13.5. The van der Waals surface area contributed by atoms with Gasteiger partial charge in [-0.25, -0.2) is 0 Å². The molecule has 0 bridgehead atoms. The van der Waals surface area contributed by atoms with Crippen molar-refractivity contribution in [3.05, 3.63) is 28.8 Å². The molecule has 0 aliphatic rings. The van der Waals surface area contributed by atoms with E-state index in [1.54, 1.807) is 25.3 Å². The Morgan fingerprint density at radius 3 is 2.94 bits per heavy atom. The second-order valence-electron chi connectivity index (χ2n) is 3.45. The van der Waals surface area contributed by atoms with Crippen molar-refractivity contribution in [2.45, 2.75) is 12.8 Å². The van der Waals surface area contributed by atoms with E-state index < -0.39 is 0 Å². The maximum Gasteiger partial charge on any atom is 0.224 e. The smallest absolute Gasteiger partial charge is 0.224 e. The highest BCUT2D eigenvalue weighted by Crippen LogP contribution is 2.20. The molecule has 0 atom stereocenters. The fourth-order valence-electron chi connectivity index (χ4n) is 1.28. The molecule has 0 spiro atoms. The number of nitriles is 1. The van der Waals surface area contributed by atoms with Crippen LogP contribution in [0.5, 0.6) is 0 Å². The zero-order valence-electron chi connectivity index (χ0n) is 9.50. The molecule has 0 aliphatic carbocycles. The number of anilines is 1. The fourth-order valence-corrected chi connectivity index (χ4v) is 1.51. The Morgan fingerprint density at radius 1 is 1.59 bits per heavy atom. The van der Waals surface area contributed by atoms with Gasteiger partial charge in [0.15, 0.2) is 0 Å². The molecule has 1 aromatic carbocycles. The molecule has 90 valence electrons. The van der Waals surface area contributed by atoms with Crippen molar-refractivity contribution in [2.75, 3.05) is 19.0 Å². The predicted molar refractivity (Wildman–Crippen MR) is 65.9 cm³/mol. The zero-order chi connectivity index (χ0) is 12.7. The van der Waals surface area contributed by atoms with Crippen molar-refractivity contribution in [3.8, 4) is 6.07 Å². The van der Waals surface area contributed by atoms with Crippen molar-refractivity contribution in [3.63, 3.8) is 0 Å². The third-order valence-corrected chi connectivity index (χ3v) is 2.44. The van der Waals surface area contributed by atoms with Crippen LogP contribution in [0.4, 0.5) is 5.69 Å². The topological polar surface area (TPSA) is 62.1 Å². The number of amides is 1. The molecular weight excluding hydrogens is 240 g/mol. The van der Waals surface area contributed by atoms with Crippen molar-refractivity contribution >= 4 is 23.2 Å². The minimum absolute atomic E-state index is 0.0946. The minimum atomic E-state index is -0.0946. The Hall–Kier alpha value is -1.57. The van der Waals surface area contributed by atoms with Gasteiger partial charge in [-0.05, 0) is 24.6 Å². The summed E-state index contributed by atoms with van der Waals surface area (Å²) in [4.78, 5) is 11.5. The Kier molecular flexibility index (Phi) is 5.47. The zero-order valence-corrected chi connectivity index (χ0v) is 10.3. The van der Waals surface area contributed by atoms with Gasteiger partial charge in [0.2, 0.25) is 5.91 Å². The molecule has 1 N–H and O–H groups in total. The summed E-state index contributed by atoms with van der Waals surface area (Å²) in [5.74, 6) is -0.0946. The molecule has 0 saturated carbocycles. The number of benzene rings is 1. The minimum Gasteiger partial charge on any atom is -0.385 e. The maximum atomic E-state index is 11.5. The van der Waals surface area contributed by atoms with E-state index in [0.29, 0.717) is 35.7 Å². The molecule has 5 heteroatoms. The van der Waals surface area contributed by atoms with Gasteiger partial charge in [0, 0.05) is 25.8 Å². The predicted octanol–water partition coefficient (Wildman–Crippen LogP) is 2.58. The summed E-state index contributed by atoms with van der Waals surface area (Å²) in [6.45, 7) is 0.557. The quantitative estimate of drug-likeness (QED) is 0.820. The van der Waals surface area contributed by atoms with Gasteiger partial charge in [-0.15, -0.1) is 0 Å². The molecule has 0 heterocycles. The van der Waals surface area contributed by atoms with E-state index in [1.807, 2.05) is 6.07 Å². The molecule has 4 nitrogen and oxygen atoms in total. The largest absolute Gasteiger partial charge is 0.385 e. The monoisotopic (exact) mass is 252 g/mol. The molecule has 0 aromatic heterocycles. The van der Waals surface area contributed by atoms with E-state index >= 15 is 0 Å². The third kappa shape index (κ3) is 4.43. The van der Waals surface area contributed by atoms with Gasteiger partial charge in [0.25, 0.3) is 0 Å². The Morgan fingerprint density at radius 2 is 2.35 bits per heavy atom. The summed E-state index contributed by atoms with van der Waals surface area (Å²) in [5.41, 5.74) is 0.987. The van der Waals surface area contributed by atoms with Gasteiger partial charge in [0.1, 0.15) is 6.07 Å². The fraction of sp³-hybridized carbons (Fsp3) is 0.333. The summed E-state index contributed by atoms with van der Waals surface area (Å²) in [6.07, 6.45) is 1.07. The van der Waals surface area contributed by atoms with E-state index in [-0.39, 0.29) is 5.91 Å². The Bertz CT molecular complexity index is 441. The average Bonchev–Trinajstić information content (AvgIpc) is 2.29. The molecule has 1 amide bonds. The average molecular weight is 253 g/mol.